The minimum Gasteiger partial charge on any atom is -0.451 e. The fourth-order valence-corrected chi connectivity index (χ4v) is 7.37. The number of para-hydroxylation sites is 3. The lowest BCUT2D eigenvalue weighted by Gasteiger charge is -2.26. The number of hydrogen-bond donors (Lipinski definition) is 0. The van der Waals surface area contributed by atoms with E-state index in [2.05, 4.69) is 167 Å². The molecule has 0 aliphatic heterocycles. The molecule has 210 valence electrons. The lowest BCUT2D eigenvalue weighted by atomic mass is 9.98. The van der Waals surface area contributed by atoms with Crippen LogP contribution in [-0.4, -0.2) is 4.40 Å². The van der Waals surface area contributed by atoms with E-state index >= 15 is 0 Å². The Balaban J connectivity index is 1.36. The standard InChI is InChI=1S/C42H26N2O/c1-3-12-27(13-4-1)28-22-24-31(25-23-28)43(30-15-5-2-6-16-30)37-26-29-14-11-19-33-32-17-7-9-20-35(32)44-36-21-10-8-18-34(36)41-40(44)39(38(29)33)42(37)45-41/h1-26H. The molecular formula is C42H26N2O. The number of benzene rings is 7. The van der Waals surface area contributed by atoms with Crippen molar-refractivity contribution in [1.29, 1.82) is 0 Å². The second-order valence-electron chi connectivity index (χ2n) is 11.7. The molecular weight excluding hydrogens is 548 g/mol. The highest BCUT2D eigenvalue weighted by atomic mass is 16.3. The molecule has 0 radical (unpaired) electrons. The largest absolute Gasteiger partial charge is 0.451 e. The van der Waals surface area contributed by atoms with Gasteiger partial charge in [-0.3, -0.25) is 0 Å². The van der Waals surface area contributed by atoms with Crippen LogP contribution in [0.3, 0.4) is 0 Å². The van der Waals surface area contributed by atoms with Gasteiger partial charge in [0.15, 0.2) is 11.2 Å². The van der Waals surface area contributed by atoms with E-state index in [1.807, 2.05) is 0 Å². The Bertz CT molecular complexity index is 2680. The Morgan fingerprint density at radius 2 is 1.04 bits per heavy atom. The van der Waals surface area contributed by atoms with Crippen LogP contribution in [-0.2, 0) is 0 Å². The average molecular weight is 575 g/mol. The first-order valence-electron chi connectivity index (χ1n) is 15.4. The zero-order chi connectivity index (χ0) is 29.5. The van der Waals surface area contributed by atoms with E-state index in [4.69, 9.17) is 4.42 Å². The molecule has 0 saturated carbocycles. The predicted octanol–water partition coefficient (Wildman–Crippen LogP) is 11.9. The number of furan rings is 1. The summed E-state index contributed by atoms with van der Waals surface area (Å²) in [5.74, 6) is 0. The molecule has 3 heterocycles. The van der Waals surface area contributed by atoms with Gasteiger partial charge in [0.2, 0.25) is 0 Å². The Morgan fingerprint density at radius 1 is 0.444 bits per heavy atom. The maximum absolute atomic E-state index is 7.08. The second-order valence-corrected chi connectivity index (χ2v) is 11.7. The van der Waals surface area contributed by atoms with Crippen LogP contribution < -0.4 is 4.90 Å². The molecule has 0 fully saturated rings. The van der Waals surface area contributed by atoms with Gasteiger partial charge < -0.3 is 13.7 Å². The molecule has 10 rings (SSSR count). The van der Waals surface area contributed by atoms with Crippen LogP contribution in [0.15, 0.2) is 162 Å². The van der Waals surface area contributed by atoms with Crippen LogP contribution in [0.4, 0.5) is 17.1 Å². The number of rotatable bonds is 4. The summed E-state index contributed by atoms with van der Waals surface area (Å²) in [5.41, 5.74) is 10.8. The van der Waals surface area contributed by atoms with Crippen molar-refractivity contribution in [1.82, 2.24) is 4.40 Å². The van der Waals surface area contributed by atoms with E-state index in [0.29, 0.717) is 0 Å². The van der Waals surface area contributed by atoms with E-state index < -0.39 is 0 Å². The Hall–Kier alpha value is -6.06. The number of hydrogen-bond acceptors (Lipinski definition) is 2. The fourth-order valence-electron chi connectivity index (χ4n) is 7.37. The van der Waals surface area contributed by atoms with Gasteiger partial charge in [0.1, 0.15) is 5.52 Å². The van der Waals surface area contributed by atoms with Gasteiger partial charge in [0, 0.05) is 27.5 Å². The summed E-state index contributed by atoms with van der Waals surface area (Å²) in [4.78, 5) is 2.34. The molecule has 7 aromatic carbocycles. The number of nitrogens with zero attached hydrogens (tertiary/aromatic N) is 2. The summed E-state index contributed by atoms with van der Waals surface area (Å²) < 4.78 is 9.50. The van der Waals surface area contributed by atoms with E-state index in [-0.39, 0.29) is 0 Å². The molecule has 0 unspecified atom stereocenters. The van der Waals surface area contributed by atoms with Crippen molar-refractivity contribution in [3.05, 3.63) is 158 Å². The number of fused-ring (bicyclic) bond motifs is 6. The van der Waals surface area contributed by atoms with Crippen LogP contribution in [0.25, 0.3) is 71.2 Å². The first-order chi connectivity index (χ1) is 22.3. The van der Waals surface area contributed by atoms with Crippen LogP contribution >= 0.6 is 0 Å². The molecule has 3 aromatic heterocycles. The monoisotopic (exact) mass is 574 g/mol. The fraction of sp³-hybridized carbons (Fsp3) is 0. The third-order valence-corrected chi connectivity index (χ3v) is 9.29. The molecule has 0 amide bonds. The van der Waals surface area contributed by atoms with E-state index in [9.17, 15) is 0 Å². The van der Waals surface area contributed by atoms with Gasteiger partial charge in [-0.1, -0.05) is 109 Å². The predicted molar refractivity (Wildman–Crippen MR) is 188 cm³/mol. The number of anilines is 3. The van der Waals surface area contributed by atoms with Crippen molar-refractivity contribution in [2.75, 3.05) is 4.90 Å². The molecule has 0 aliphatic carbocycles. The zero-order valence-electron chi connectivity index (χ0n) is 24.3. The summed E-state index contributed by atoms with van der Waals surface area (Å²) in [6, 6.07) is 56.3. The van der Waals surface area contributed by atoms with Gasteiger partial charge in [-0.2, -0.15) is 0 Å². The molecule has 0 aliphatic rings. The van der Waals surface area contributed by atoms with Gasteiger partial charge in [-0.15, -0.1) is 0 Å². The molecule has 0 atom stereocenters. The SMILES string of the molecule is c1ccc(-c2ccc(N(c3ccccc3)c3cc4cccc5c6ccccc6n6c7ccccc7c7oc3c(c45)c76)cc2)cc1. The highest BCUT2D eigenvalue weighted by Crippen LogP contribution is 2.50. The minimum absolute atomic E-state index is 0.892. The van der Waals surface area contributed by atoms with Crippen molar-refractivity contribution >= 4 is 77.1 Å². The maximum atomic E-state index is 7.08. The van der Waals surface area contributed by atoms with Gasteiger partial charge in [0.25, 0.3) is 0 Å². The highest BCUT2D eigenvalue weighted by molar-refractivity contribution is 6.33. The second kappa shape index (κ2) is 9.22. The average Bonchev–Trinajstić information content (AvgIpc) is 3.60. The summed E-state index contributed by atoms with van der Waals surface area (Å²) in [7, 11) is 0. The van der Waals surface area contributed by atoms with Gasteiger partial charge in [0.05, 0.1) is 22.1 Å². The van der Waals surface area contributed by atoms with Gasteiger partial charge in [-0.05, 0) is 70.4 Å². The topological polar surface area (TPSA) is 20.8 Å². The van der Waals surface area contributed by atoms with Crippen LogP contribution in [0.1, 0.15) is 0 Å². The molecule has 10 aromatic rings. The maximum Gasteiger partial charge on any atom is 0.161 e. The lowest BCUT2D eigenvalue weighted by molar-refractivity contribution is 0.673. The molecule has 0 bridgehead atoms. The van der Waals surface area contributed by atoms with E-state index in [0.717, 1.165) is 50.0 Å². The first-order valence-corrected chi connectivity index (χ1v) is 15.4. The third kappa shape index (κ3) is 3.41. The molecule has 0 saturated heterocycles. The highest BCUT2D eigenvalue weighted by Gasteiger charge is 2.27. The summed E-state index contributed by atoms with van der Waals surface area (Å²) in [6.45, 7) is 0. The molecule has 0 N–H and O–H groups in total. The molecule has 0 spiro atoms. The summed E-state index contributed by atoms with van der Waals surface area (Å²) in [6.07, 6.45) is 0. The first kappa shape index (κ1) is 24.4. The van der Waals surface area contributed by atoms with Crippen molar-refractivity contribution in [2.45, 2.75) is 0 Å². The van der Waals surface area contributed by atoms with Crippen LogP contribution in [0, 0.1) is 0 Å². The quantitative estimate of drug-likeness (QED) is 0.208. The normalized spacial score (nSPS) is 12.0. The Morgan fingerprint density at radius 3 is 1.82 bits per heavy atom. The smallest absolute Gasteiger partial charge is 0.161 e. The molecule has 3 heteroatoms. The zero-order valence-corrected chi connectivity index (χ0v) is 24.3. The van der Waals surface area contributed by atoms with E-state index in [1.165, 1.54) is 38.2 Å². The summed E-state index contributed by atoms with van der Waals surface area (Å²) >= 11 is 0. The Kier molecular flexibility index (Phi) is 5.00. The Labute approximate surface area is 259 Å². The van der Waals surface area contributed by atoms with Crippen molar-refractivity contribution in [3.63, 3.8) is 0 Å². The van der Waals surface area contributed by atoms with Crippen molar-refractivity contribution in [2.24, 2.45) is 0 Å². The third-order valence-electron chi connectivity index (χ3n) is 9.29. The number of aromatic nitrogens is 1. The lowest BCUT2D eigenvalue weighted by Crippen LogP contribution is -2.10. The van der Waals surface area contributed by atoms with Crippen LogP contribution in [0.5, 0.6) is 0 Å². The minimum atomic E-state index is 0.892. The van der Waals surface area contributed by atoms with Crippen molar-refractivity contribution < 1.29 is 4.42 Å². The summed E-state index contributed by atoms with van der Waals surface area (Å²) in [5, 5.41) is 7.16. The van der Waals surface area contributed by atoms with Gasteiger partial charge >= 0.3 is 0 Å². The van der Waals surface area contributed by atoms with E-state index in [1.54, 1.807) is 0 Å². The van der Waals surface area contributed by atoms with Gasteiger partial charge in [-0.25, -0.2) is 0 Å². The van der Waals surface area contributed by atoms with Crippen molar-refractivity contribution in [3.8, 4) is 11.1 Å². The molecule has 3 nitrogen and oxygen atoms in total. The molecule has 45 heavy (non-hydrogen) atoms. The van der Waals surface area contributed by atoms with Crippen LogP contribution in [0.2, 0.25) is 0 Å².